The number of hydrogen-bond acceptors (Lipinski definition) is 4. The van der Waals surface area contributed by atoms with Crippen LogP contribution >= 0.6 is 0 Å². The van der Waals surface area contributed by atoms with Crippen molar-refractivity contribution in [2.45, 2.75) is 79.6 Å². The van der Waals surface area contributed by atoms with Crippen LogP contribution < -0.4 is 14.5 Å². The number of anilines is 4. The fraction of sp³-hybridized carbons (Fsp3) is 0.200. The zero-order chi connectivity index (χ0) is 47.8. The van der Waals surface area contributed by atoms with Crippen molar-refractivity contribution in [3.63, 3.8) is 0 Å². The molecular weight excluding hydrogens is 1040 g/mol. The molecule has 0 aliphatic carbocycles. The van der Waals surface area contributed by atoms with Gasteiger partial charge in [0.2, 0.25) is 0 Å². The summed E-state index contributed by atoms with van der Waals surface area (Å²) in [4.78, 5) is 9.16. The first kappa shape index (κ1) is 47.4. The zero-order valence-electron chi connectivity index (χ0n) is 40.1. The number of pyridine rings is 1. The van der Waals surface area contributed by atoms with Gasteiger partial charge in [-0.15, -0.1) is 53.6 Å². The summed E-state index contributed by atoms with van der Waals surface area (Å²) in [5.74, 6) is -1.10. The molecule has 9 aromatic rings. The maximum Gasteiger partial charge on any atom is 0.136 e. The number of fused-ring (bicyclic) bond motifs is 4. The van der Waals surface area contributed by atoms with E-state index in [0.717, 1.165) is 95.9 Å². The van der Waals surface area contributed by atoms with Crippen LogP contribution in [0.1, 0.15) is 88.1 Å². The number of aryl methyl sites for hydroxylation is 2. The number of rotatable bonds is 9. The van der Waals surface area contributed by atoms with Crippen LogP contribution in [0.3, 0.4) is 0 Å². The molecule has 0 spiro atoms. The molecule has 0 unspecified atom stereocenters. The first-order valence-corrected chi connectivity index (χ1v) is 23.1. The molecule has 7 aromatic carbocycles. The van der Waals surface area contributed by atoms with Gasteiger partial charge in [0.05, 0.1) is 5.56 Å². The Kier molecular flexibility index (Phi) is 12.6. The van der Waals surface area contributed by atoms with E-state index in [9.17, 15) is 4.39 Å². The third-order valence-corrected chi connectivity index (χ3v) is 12.8. The molecule has 1 aliphatic heterocycles. The summed E-state index contributed by atoms with van der Waals surface area (Å²) in [6, 6.07) is 47.9. The van der Waals surface area contributed by atoms with Crippen molar-refractivity contribution in [2.24, 2.45) is 0 Å². The molecule has 0 saturated heterocycles. The van der Waals surface area contributed by atoms with Gasteiger partial charge < -0.3 is 19.1 Å². The summed E-state index contributed by atoms with van der Waals surface area (Å²) >= 11 is 0. The standard InChI is InChI=1S/C60H52F3N4O.Pt/c1-35(2)49-27-41(58-51(62)30-43(61)31-52(58)63)28-50(36(3)4)59(49)66-34-65(54-16-12-13-17-55(54)66)44-25-40(39-23-37(5)22-38(6)24-39)26-46(32-44)68-45-18-19-48-47-14-10-11-15-53(47)67(56(48)33-45)57-29-42(20-21-64-57)60(7,8)9;/h10-31,34-36H,1-9H3;/q-3;. The molecule has 2 aromatic heterocycles. The van der Waals surface area contributed by atoms with Gasteiger partial charge in [-0.1, -0.05) is 114 Å². The predicted molar refractivity (Wildman–Crippen MR) is 271 cm³/mol. The Balaban J connectivity index is 0.00000593. The molecule has 0 bridgehead atoms. The van der Waals surface area contributed by atoms with Gasteiger partial charge in [0, 0.05) is 73.5 Å². The maximum atomic E-state index is 15.4. The second-order valence-corrected chi connectivity index (χ2v) is 19.6. The number of nitrogens with zero attached hydrogens (tertiary/aromatic N) is 4. The molecule has 5 nitrogen and oxygen atoms in total. The van der Waals surface area contributed by atoms with E-state index < -0.39 is 17.5 Å². The van der Waals surface area contributed by atoms with Crippen LogP contribution in [0.25, 0.3) is 49.9 Å². The Morgan fingerprint density at radius 3 is 1.90 bits per heavy atom. The first-order valence-electron chi connectivity index (χ1n) is 23.1. The third-order valence-electron chi connectivity index (χ3n) is 12.8. The summed E-state index contributed by atoms with van der Waals surface area (Å²) in [7, 11) is 0. The Morgan fingerprint density at radius 2 is 1.25 bits per heavy atom. The van der Waals surface area contributed by atoms with E-state index in [-0.39, 0.29) is 43.9 Å². The van der Waals surface area contributed by atoms with E-state index in [1.54, 1.807) is 0 Å². The summed E-state index contributed by atoms with van der Waals surface area (Å²) < 4.78 is 53.9. The van der Waals surface area contributed by atoms with Crippen molar-refractivity contribution in [3.8, 4) is 39.6 Å². The van der Waals surface area contributed by atoms with Crippen LogP contribution in [0.4, 0.5) is 35.9 Å². The summed E-state index contributed by atoms with van der Waals surface area (Å²) in [6.45, 7) is 21.2. The number of hydrogen-bond donors (Lipinski definition) is 0. The van der Waals surface area contributed by atoms with Crippen molar-refractivity contribution >= 4 is 44.6 Å². The van der Waals surface area contributed by atoms with Crippen LogP contribution in [-0.2, 0) is 26.5 Å². The van der Waals surface area contributed by atoms with Crippen molar-refractivity contribution < 1.29 is 39.0 Å². The summed E-state index contributed by atoms with van der Waals surface area (Å²) in [5.41, 5.74) is 12.7. The molecule has 3 heterocycles. The topological polar surface area (TPSA) is 33.5 Å². The Labute approximate surface area is 417 Å². The molecule has 0 amide bonds. The van der Waals surface area contributed by atoms with Crippen molar-refractivity contribution in [3.05, 3.63) is 198 Å². The molecule has 352 valence electrons. The van der Waals surface area contributed by atoms with Crippen LogP contribution in [-0.4, -0.2) is 9.55 Å². The van der Waals surface area contributed by atoms with Gasteiger partial charge in [-0.05, 0) is 107 Å². The van der Waals surface area contributed by atoms with Crippen molar-refractivity contribution in [1.29, 1.82) is 0 Å². The van der Waals surface area contributed by atoms with Gasteiger partial charge in [-0.2, -0.15) is 6.07 Å². The fourth-order valence-corrected chi connectivity index (χ4v) is 9.60. The molecule has 9 heteroatoms. The second-order valence-electron chi connectivity index (χ2n) is 19.6. The van der Waals surface area contributed by atoms with Crippen LogP contribution in [0, 0.1) is 50.1 Å². The molecule has 0 radical (unpaired) electrons. The van der Waals surface area contributed by atoms with Gasteiger partial charge in [0.15, 0.2) is 0 Å². The third kappa shape index (κ3) is 8.85. The van der Waals surface area contributed by atoms with Crippen LogP contribution in [0.5, 0.6) is 11.5 Å². The summed E-state index contributed by atoms with van der Waals surface area (Å²) in [5, 5.41) is 2.13. The van der Waals surface area contributed by atoms with Crippen molar-refractivity contribution in [2.75, 3.05) is 9.80 Å². The normalized spacial score (nSPS) is 12.7. The largest absolute Gasteiger partial charge is 0.509 e. The maximum absolute atomic E-state index is 15.4. The van der Waals surface area contributed by atoms with Gasteiger partial charge in [0.25, 0.3) is 0 Å². The SMILES string of the molecule is Cc1cc(C)cc(-c2cc(Oc3[c-]c4c(cc3)c3ccccc3n4-c3cc(C(C)(C)C)ccn3)[c-]c(N3[CH-]N(c4c(C(C)C)cc(-c5c(F)cc(F)cc5F)cc4C(C)C)c4ccccc43)c2)c1.[Pt]. The van der Waals surface area contributed by atoms with E-state index in [1.807, 2.05) is 48.7 Å². The average molecular weight is 1100 g/mol. The minimum Gasteiger partial charge on any atom is -0.509 e. The number of para-hydroxylation sites is 3. The monoisotopic (exact) mass is 1100 g/mol. The zero-order valence-corrected chi connectivity index (χ0v) is 42.4. The van der Waals surface area contributed by atoms with Crippen molar-refractivity contribution in [1.82, 2.24) is 9.55 Å². The minimum absolute atomic E-state index is 0. The van der Waals surface area contributed by atoms with E-state index in [0.29, 0.717) is 17.1 Å². The van der Waals surface area contributed by atoms with E-state index in [1.165, 1.54) is 5.56 Å². The Morgan fingerprint density at radius 1 is 0.623 bits per heavy atom. The first-order chi connectivity index (χ1) is 32.5. The Hall–Kier alpha value is -6.63. The quantitative estimate of drug-likeness (QED) is 0.135. The van der Waals surface area contributed by atoms with Gasteiger partial charge in [-0.25, -0.2) is 18.2 Å². The number of aromatic nitrogens is 2. The molecule has 0 fully saturated rings. The predicted octanol–water partition coefficient (Wildman–Crippen LogP) is 16.9. The van der Waals surface area contributed by atoms with Gasteiger partial charge in [-0.3, -0.25) is 0 Å². The molecule has 69 heavy (non-hydrogen) atoms. The molecule has 1 aliphatic rings. The molecule has 0 saturated carbocycles. The number of halogens is 3. The molecule has 10 rings (SSSR count). The van der Waals surface area contributed by atoms with Gasteiger partial charge in [0.1, 0.15) is 23.3 Å². The number of benzene rings is 7. The average Bonchev–Trinajstić information content (AvgIpc) is 3.83. The number of ether oxygens (including phenoxy) is 1. The smallest absolute Gasteiger partial charge is 0.136 e. The second kappa shape index (κ2) is 18.4. The van der Waals surface area contributed by atoms with Crippen LogP contribution in [0.15, 0.2) is 134 Å². The van der Waals surface area contributed by atoms with Gasteiger partial charge >= 0.3 is 0 Å². The van der Waals surface area contributed by atoms with E-state index in [2.05, 4.69) is 168 Å². The minimum atomic E-state index is -0.956. The summed E-state index contributed by atoms with van der Waals surface area (Å²) in [6.07, 6.45) is 1.87. The fourth-order valence-electron chi connectivity index (χ4n) is 9.60. The van der Waals surface area contributed by atoms with E-state index >= 15 is 8.78 Å². The molecule has 0 N–H and O–H groups in total. The molecule has 0 atom stereocenters. The van der Waals surface area contributed by atoms with E-state index in [4.69, 9.17) is 9.72 Å². The van der Waals surface area contributed by atoms with Crippen LogP contribution in [0.2, 0.25) is 0 Å². The Bertz CT molecular complexity index is 3370. The molecular formula is C60H52F3N4OPt-3.